The standard InChI is InChI=1S/C20H27N5/c1-21-20(22-13-11-17-7-3-2-4-8-17)23-16-18-9-5-10-19(15-18)25-14-6-12-24-25/h5-7,9-10,12,14-15H,2-4,8,11,13,16H2,1H3,(H2,21,22,23). The number of guanidine groups is 1. The molecular weight excluding hydrogens is 310 g/mol. The van der Waals surface area contributed by atoms with E-state index in [-0.39, 0.29) is 0 Å². The predicted molar refractivity (Wildman–Crippen MR) is 103 cm³/mol. The predicted octanol–water partition coefficient (Wildman–Crippen LogP) is 3.43. The fourth-order valence-corrected chi connectivity index (χ4v) is 3.11. The highest BCUT2D eigenvalue weighted by Crippen LogP contribution is 2.19. The number of aliphatic imine (C=N–C) groups is 1. The fourth-order valence-electron chi connectivity index (χ4n) is 3.11. The van der Waals surface area contributed by atoms with Gasteiger partial charge in [0.2, 0.25) is 0 Å². The smallest absolute Gasteiger partial charge is 0.191 e. The van der Waals surface area contributed by atoms with Crippen LogP contribution in [0.2, 0.25) is 0 Å². The molecule has 3 rings (SSSR count). The number of benzene rings is 1. The Hall–Kier alpha value is -2.56. The summed E-state index contributed by atoms with van der Waals surface area (Å²) in [5.41, 5.74) is 3.85. The molecule has 5 heteroatoms. The van der Waals surface area contributed by atoms with Crippen molar-refractivity contribution >= 4 is 5.96 Å². The molecule has 0 saturated carbocycles. The Bertz CT molecular complexity index is 715. The van der Waals surface area contributed by atoms with Crippen LogP contribution in [0, 0.1) is 0 Å². The maximum atomic E-state index is 4.32. The van der Waals surface area contributed by atoms with Crippen LogP contribution >= 0.6 is 0 Å². The van der Waals surface area contributed by atoms with Crippen molar-refractivity contribution in [1.29, 1.82) is 0 Å². The highest BCUT2D eigenvalue weighted by molar-refractivity contribution is 5.79. The minimum Gasteiger partial charge on any atom is -0.356 e. The Morgan fingerprint density at radius 3 is 2.96 bits per heavy atom. The maximum absolute atomic E-state index is 4.32. The van der Waals surface area contributed by atoms with Crippen LogP contribution in [0.1, 0.15) is 37.7 Å². The molecule has 0 atom stereocenters. The minimum atomic E-state index is 0.734. The zero-order valence-electron chi connectivity index (χ0n) is 14.9. The zero-order valence-corrected chi connectivity index (χ0v) is 14.9. The van der Waals surface area contributed by atoms with Crippen molar-refractivity contribution in [3.05, 3.63) is 59.9 Å². The Balaban J connectivity index is 1.48. The number of allylic oxidation sites excluding steroid dienone is 1. The number of hydrogen-bond acceptors (Lipinski definition) is 2. The van der Waals surface area contributed by atoms with Crippen molar-refractivity contribution < 1.29 is 0 Å². The molecule has 0 unspecified atom stereocenters. The number of aromatic nitrogens is 2. The summed E-state index contributed by atoms with van der Waals surface area (Å²) in [6, 6.07) is 10.3. The number of nitrogens with zero attached hydrogens (tertiary/aromatic N) is 3. The third kappa shape index (κ3) is 5.21. The van der Waals surface area contributed by atoms with Gasteiger partial charge in [0.1, 0.15) is 0 Å². The van der Waals surface area contributed by atoms with Gasteiger partial charge in [0.05, 0.1) is 5.69 Å². The molecule has 0 amide bonds. The second-order valence-corrected chi connectivity index (χ2v) is 6.33. The molecule has 2 aromatic rings. The highest BCUT2D eigenvalue weighted by Gasteiger charge is 2.04. The molecule has 1 aromatic heterocycles. The van der Waals surface area contributed by atoms with E-state index >= 15 is 0 Å². The van der Waals surface area contributed by atoms with Gasteiger partial charge in [-0.3, -0.25) is 4.99 Å². The summed E-state index contributed by atoms with van der Waals surface area (Å²) in [6.07, 6.45) is 12.4. The van der Waals surface area contributed by atoms with Gasteiger partial charge in [0.25, 0.3) is 0 Å². The van der Waals surface area contributed by atoms with E-state index in [9.17, 15) is 0 Å². The molecule has 0 saturated heterocycles. The van der Waals surface area contributed by atoms with Gasteiger partial charge in [-0.15, -0.1) is 0 Å². The van der Waals surface area contributed by atoms with Gasteiger partial charge in [-0.25, -0.2) is 4.68 Å². The van der Waals surface area contributed by atoms with Crippen molar-refractivity contribution in [2.24, 2.45) is 4.99 Å². The summed E-state index contributed by atoms with van der Waals surface area (Å²) in [4.78, 5) is 4.32. The average Bonchev–Trinajstić information content (AvgIpc) is 3.20. The molecule has 0 spiro atoms. The van der Waals surface area contributed by atoms with Crippen LogP contribution in [0.25, 0.3) is 5.69 Å². The first-order valence-corrected chi connectivity index (χ1v) is 9.06. The molecule has 0 bridgehead atoms. The monoisotopic (exact) mass is 337 g/mol. The maximum Gasteiger partial charge on any atom is 0.191 e. The number of nitrogens with one attached hydrogen (secondary N) is 2. The largest absolute Gasteiger partial charge is 0.356 e. The van der Waals surface area contributed by atoms with Crippen molar-refractivity contribution in [3.8, 4) is 5.69 Å². The Kier molecular flexibility index (Phi) is 6.26. The van der Waals surface area contributed by atoms with Crippen LogP contribution in [0.3, 0.4) is 0 Å². The lowest BCUT2D eigenvalue weighted by molar-refractivity contribution is 0.665. The quantitative estimate of drug-likeness (QED) is 0.482. The molecule has 0 radical (unpaired) electrons. The lowest BCUT2D eigenvalue weighted by Gasteiger charge is -2.15. The van der Waals surface area contributed by atoms with Gasteiger partial charge in [-0.1, -0.05) is 23.8 Å². The second kappa shape index (κ2) is 9.06. The molecule has 25 heavy (non-hydrogen) atoms. The number of hydrogen-bond donors (Lipinski definition) is 2. The van der Waals surface area contributed by atoms with Gasteiger partial charge in [-0.2, -0.15) is 5.10 Å². The van der Waals surface area contributed by atoms with E-state index in [1.165, 1.54) is 31.2 Å². The van der Waals surface area contributed by atoms with Crippen molar-refractivity contribution in [1.82, 2.24) is 20.4 Å². The molecule has 5 nitrogen and oxygen atoms in total. The first-order chi connectivity index (χ1) is 12.3. The molecule has 0 fully saturated rings. The Morgan fingerprint density at radius 2 is 2.20 bits per heavy atom. The second-order valence-electron chi connectivity index (χ2n) is 6.33. The zero-order chi connectivity index (χ0) is 17.3. The third-order valence-corrected chi connectivity index (χ3v) is 4.49. The van der Waals surface area contributed by atoms with Crippen molar-refractivity contribution in [3.63, 3.8) is 0 Å². The molecule has 2 N–H and O–H groups in total. The van der Waals surface area contributed by atoms with Crippen LogP contribution in [0.4, 0.5) is 0 Å². The van der Waals surface area contributed by atoms with E-state index in [0.29, 0.717) is 0 Å². The Morgan fingerprint density at radius 1 is 1.24 bits per heavy atom. The normalized spacial score (nSPS) is 14.9. The lowest BCUT2D eigenvalue weighted by atomic mass is 9.97. The molecular formula is C20H27N5. The highest BCUT2D eigenvalue weighted by atomic mass is 15.3. The summed E-state index contributed by atoms with van der Waals surface area (Å²) >= 11 is 0. The van der Waals surface area contributed by atoms with E-state index in [1.807, 2.05) is 24.0 Å². The topological polar surface area (TPSA) is 54.2 Å². The molecule has 1 aromatic carbocycles. The fraction of sp³-hybridized carbons (Fsp3) is 0.400. The summed E-state index contributed by atoms with van der Waals surface area (Å²) in [7, 11) is 1.81. The lowest BCUT2D eigenvalue weighted by Crippen LogP contribution is -2.37. The van der Waals surface area contributed by atoms with Crippen molar-refractivity contribution in [2.45, 2.75) is 38.6 Å². The van der Waals surface area contributed by atoms with E-state index in [0.717, 1.165) is 31.2 Å². The summed E-state index contributed by atoms with van der Waals surface area (Å²) in [5.74, 6) is 0.848. The third-order valence-electron chi connectivity index (χ3n) is 4.49. The van der Waals surface area contributed by atoms with Crippen LogP contribution in [0.5, 0.6) is 0 Å². The van der Waals surface area contributed by atoms with E-state index in [4.69, 9.17) is 0 Å². The molecule has 132 valence electrons. The summed E-state index contributed by atoms with van der Waals surface area (Å²) in [5, 5.41) is 11.1. The molecule has 0 aliphatic heterocycles. The molecule has 1 aliphatic carbocycles. The Labute approximate surface area is 149 Å². The SMILES string of the molecule is CN=C(NCCC1=CCCCC1)NCc1cccc(-n2cccn2)c1. The average molecular weight is 337 g/mol. The van der Waals surface area contributed by atoms with Crippen LogP contribution in [-0.2, 0) is 6.54 Å². The van der Waals surface area contributed by atoms with Gasteiger partial charge in [0.15, 0.2) is 5.96 Å². The van der Waals surface area contributed by atoms with Crippen LogP contribution in [0.15, 0.2) is 59.4 Å². The van der Waals surface area contributed by atoms with Crippen LogP contribution in [-0.4, -0.2) is 29.3 Å². The summed E-state index contributed by atoms with van der Waals surface area (Å²) < 4.78 is 1.87. The van der Waals surface area contributed by atoms with Gasteiger partial charge < -0.3 is 10.6 Å². The van der Waals surface area contributed by atoms with E-state index in [2.05, 4.69) is 51.1 Å². The number of rotatable bonds is 6. The first-order valence-electron chi connectivity index (χ1n) is 9.06. The van der Waals surface area contributed by atoms with Crippen molar-refractivity contribution in [2.75, 3.05) is 13.6 Å². The van der Waals surface area contributed by atoms with Gasteiger partial charge in [-0.05, 0) is 55.9 Å². The minimum absolute atomic E-state index is 0.734. The van der Waals surface area contributed by atoms with E-state index in [1.54, 1.807) is 11.8 Å². The van der Waals surface area contributed by atoms with E-state index < -0.39 is 0 Å². The van der Waals surface area contributed by atoms with Crippen LogP contribution < -0.4 is 10.6 Å². The van der Waals surface area contributed by atoms with Gasteiger partial charge in [0, 0.05) is 32.5 Å². The summed E-state index contributed by atoms with van der Waals surface area (Å²) in [6.45, 7) is 1.66. The molecule has 1 aliphatic rings. The first kappa shape index (κ1) is 17.3. The van der Waals surface area contributed by atoms with Gasteiger partial charge >= 0.3 is 0 Å². The molecule has 1 heterocycles.